The SMILES string of the molecule is COc1ccc(-c2sc(C(=O)N3[C@H]4CC[C@@H]3[C@H](N)C4)cc2-c2ccc(C#N)c(OC)c2)cc1F. The van der Waals surface area contributed by atoms with Crippen molar-refractivity contribution >= 4 is 17.2 Å². The third kappa shape index (κ3) is 3.61. The van der Waals surface area contributed by atoms with E-state index < -0.39 is 5.82 Å². The molecule has 0 spiro atoms. The third-order valence-electron chi connectivity index (χ3n) is 6.81. The Hall–Kier alpha value is -3.41. The number of benzene rings is 2. The Bertz CT molecular complexity index is 1320. The fourth-order valence-corrected chi connectivity index (χ4v) is 6.28. The van der Waals surface area contributed by atoms with Gasteiger partial charge in [0.25, 0.3) is 5.91 Å². The predicted molar refractivity (Wildman–Crippen MR) is 129 cm³/mol. The number of nitriles is 1. The number of hydrogen-bond donors (Lipinski definition) is 1. The number of halogens is 1. The highest BCUT2D eigenvalue weighted by Crippen LogP contribution is 2.44. The van der Waals surface area contributed by atoms with Gasteiger partial charge in [0.05, 0.1) is 24.7 Å². The van der Waals surface area contributed by atoms with Crippen LogP contribution in [0.3, 0.4) is 0 Å². The second-order valence-electron chi connectivity index (χ2n) is 8.64. The molecule has 0 saturated carbocycles. The number of nitrogens with zero attached hydrogens (tertiary/aromatic N) is 2. The summed E-state index contributed by atoms with van der Waals surface area (Å²) in [5.74, 6) is 0.0797. The molecule has 1 amide bonds. The zero-order chi connectivity index (χ0) is 24.0. The van der Waals surface area contributed by atoms with E-state index in [2.05, 4.69) is 6.07 Å². The molecule has 3 atom stereocenters. The van der Waals surface area contributed by atoms with Crippen LogP contribution >= 0.6 is 11.3 Å². The highest BCUT2D eigenvalue weighted by atomic mass is 32.1. The van der Waals surface area contributed by atoms with Gasteiger partial charge in [-0.05, 0) is 66.8 Å². The smallest absolute Gasteiger partial charge is 0.264 e. The molecule has 0 radical (unpaired) electrons. The summed E-state index contributed by atoms with van der Waals surface area (Å²) in [5.41, 5.74) is 8.87. The molecular weight excluding hydrogens is 453 g/mol. The van der Waals surface area contributed by atoms with Crippen LogP contribution in [0.1, 0.15) is 34.5 Å². The van der Waals surface area contributed by atoms with Crippen molar-refractivity contribution in [3.05, 3.63) is 58.7 Å². The van der Waals surface area contributed by atoms with Gasteiger partial charge in [-0.25, -0.2) is 4.39 Å². The molecule has 0 aliphatic carbocycles. The third-order valence-corrected chi connectivity index (χ3v) is 7.98. The quantitative estimate of drug-likeness (QED) is 0.570. The highest BCUT2D eigenvalue weighted by Gasteiger charge is 2.47. The van der Waals surface area contributed by atoms with Crippen LogP contribution in [0.2, 0.25) is 0 Å². The lowest BCUT2D eigenvalue weighted by atomic mass is 9.97. The molecule has 34 heavy (non-hydrogen) atoms. The van der Waals surface area contributed by atoms with Crippen molar-refractivity contribution in [2.75, 3.05) is 14.2 Å². The van der Waals surface area contributed by atoms with Crippen LogP contribution in [0, 0.1) is 17.1 Å². The Balaban J connectivity index is 1.63. The molecule has 8 heteroatoms. The Morgan fingerprint density at radius 1 is 1.12 bits per heavy atom. The molecule has 1 aromatic heterocycles. The van der Waals surface area contributed by atoms with Crippen LogP contribution < -0.4 is 15.2 Å². The van der Waals surface area contributed by atoms with Gasteiger partial charge in [0.1, 0.15) is 11.8 Å². The number of thiophene rings is 1. The van der Waals surface area contributed by atoms with Crippen molar-refractivity contribution < 1.29 is 18.7 Å². The molecule has 5 rings (SSSR count). The van der Waals surface area contributed by atoms with Crippen LogP contribution in [0.25, 0.3) is 21.6 Å². The summed E-state index contributed by atoms with van der Waals surface area (Å²) in [6.07, 6.45) is 2.74. The van der Waals surface area contributed by atoms with Gasteiger partial charge in [0.15, 0.2) is 11.6 Å². The Kier molecular flexibility index (Phi) is 5.76. The minimum absolute atomic E-state index is 0.0140. The van der Waals surface area contributed by atoms with Gasteiger partial charge >= 0.3 is 0 Å². The van der Waals surface area contributed by atoms with E-state index >= 15 is 0 Å². The molecule has 2 aromatic carbocycles. The van der Waals surface area contributed by atoms with Gasteiger partial charge in [-0.2, -0.15) is 5.26 Å². The molecule has 3 heterocycles. The summed E-state index contributed by atoms with van der Waals surface area (Å²) < 4.78 is 25.0. The normalized spacial score (nSPS) is 20.9. The van der Waals surface area contributed by atoms with Crippen molar-refractivity contribution in [2.45, 2.75) is 37.4 Å². The minimum Gasteiger partial charge on any atom is -0.495 e. The van der Waals surface area contributed by atoms with Crippen LogP contribution in [0.5, 0.6) is 11.5 Å². The summed E-state index contributed by atoms with van der Waals surface area (Å²) in [4.78, 5) is 16.9. The molecule has 174 valence electrons. The molecule has 2 aliphatic rings. The maximum absolute atomic E-state index is 14.6. The molecule has 0 unspecified atom stereocenters. The summed E-state index contributed by atoms with van der Waals surface area (Å²) >= 11 is 1.34. The summed E-state index contributed by atoms with van der Waals surface area (Å²) in [7, 11) is 2.93. The second-order valence-corrected chi connectivity index (χ2v) is 9.69. The largest absolute Gasteiger partial charge is 0.495 e. The zero-order valence-corrected chi connectivity index (χ0v) is 19.7. The summed E-state index contributed by atoms with van der Waals surface area (Å²) in [5, 5.41) is 9.36. The fourth-order valence-electron chi connectivity index (χ4n) is 5.16. The van der Waals surface area contributed by atoms with E-state index in [0.717, 1.165) is 35.3 Å². The van der Waals surface area contributed by atoms with Crippen LogP contribution in [0.15, 0.2) is 42.5 Å². The van der Waals surface area contributed by atoms with Crippen LogP contribution in [0.4, 0.5) is 4.39 Å². The first kappa shape index (κ1) is 22.4. The molecule has 2 saturated heterocycles. The lowest BCUT2D eigenvalue weighted by Crippen LogP contribution is -2.40. The topological polar surface area (TPSA) is 88.6 Å². The van der Waals surface area contributed by atoms with E-state index in [1.54, 1.807) is 24.3 Å². The highest BCUT2D eigenvalue weighted by molar-refractivity contribution is 7.18. The average Bonchev–Trinajstić information content (AvgIpc) is 3.55. The number of fused-ring (bicyclic) bond motifs is 2. The predicted octanol–water partition coefficient (Wildman–Crippen LogP) is 4.81. The number of carbonyl (C=O) groups excluding carboxylic acids is 1. The number of ether oxygens (including phenoxy) is 2. The summed E-state index contributed by atoms with van der Waals surface area (Å²) in [6.45, 7) is 0. The molecule has 2 bridgehead atoms. The van der Waals surface area contributed by atoms with Gasteiger partial charge < -0.3 is 20.1 Å². The van der Waals surface area contributed by atoms with Gasteiger partial charge in [0.2, 0.25) is 0 Å². The maximum Gasteiger partial charge on any atom is 0.264 e. The van der Waals surface area contributed by atoms with E-state index in [9.17, 15) is 14.4 Å². The zero-order valence-electron chi connectivity index (χ0n) is 18.9. The van der Waals surface area contributed by atoms with Crippen molar-refractivity contribution in [1.82, 2.24) is 4.90 Å². The minimum atomic E-state index is -0.479. The number of methoxy groups -OCH3 is 2. The van der Waals surface area contributed by atoms with E-state index in [1.165, 1.54) is 31.6 Å². The molecular formula is C26H24FN3O3S. The first-order valence-corrected chi connectivity index (χ1v) is 11.9. The first-order chi connectivity index (χ1) is 16.4. The van der Waals surface area contributed by atoms with Crippen molar-refractivity contribution in [1.29, 1.82) is 5.26 Å². The van der Waals surface area contributed by atoms with Gasteiger partial charge in [0, 0.05) is 28.6 Å². The van der Waals surface area contributed by atoms with E-state index in [-0.39, 0.29) is 29.8 Å². The van der Waals surface area contributed by atoms with E-state index in [1.807, 2.05) is 17.0 Å². The first-order valence-electron chi connectivity index (χ1n) is 11.1. The number of carbonyl (C=O) groups is 1. The average molecular weight is 478 g/mol. The monoisotopic (exact) mass is 477 g/mol. The van der Waals surface area contributed by atoms with Crippen LogP contribution in [-0.2, 0) is 0 Å². The fraction of sp³-hybridized carbons (Fsp3) is 0.308. The van der Waals surface area contributed by atoms with E-state index in [4.69, 9.17) is 15.2 Å². The van der Waals surface area contributed by atoms with Gasteiger partial charge in [-0.3, -0.25) is 4.79 Å². The van der Waals surface area contributed by atoms with Crippen molar-refractivity contribution in [3.8, 4) is 39.1 Å². The number of amides is 1. The summed E-state index contributed by atoms with van der Waals surface area (Å²) in [6, 6.07) is 14.3. The second kappa shape index (κ2) is 8.75. The Morgan fingerprint density at radius 2 is 1.88 bits per heavy atom. The maximum atomic E-state index is 14.6. The van der Waals surface area contributed by atoms with Crippen LogP contribution in [-0.4, -0.2) is 43.2 Å². The Labute approximate surface area is 201 Å². The number of nitrogens with two attached hydrogens (primary N) is 1. The molecule has 2 N–H and O–H groups in total. The lowest BCUT2D eigenvalue weighted by Gasteiger charge is -2.22. The van der Waals surface area contributed by atoms with E-state index in [0.29, 0.717) is 21.8 Å². The molecule has 2 aliphatic heterocycles. The Morgan fingerprint density at radius 3 is 2.50 bits per heavy atom. The molecule has 6 nitrogen and oxygen atoms in total. The number of hydrogen-bond acceptors (Lipinski definition) is 6. The van der Waals surface area contributed by atoms with Gasteiger partial charge in [-0.15, -0.1) is 11.3 Å². The molecule has 3 aromatic rings. The molecule has 2 fully saturated rings. The number of rotatable bonds is 5. The van der Waals surface area contributed by atoms with Gasteiger partial charge in [-0.1, -0.05) is 6.07 Å². The standard InChI is InChI=1S/C26H24FN3O3S/c1-32-22-8-5-15(9-19(22)27)25-18(14-3-4-16(13-28)23(10-14)33-2)12-24(34-25)26(31)30-17-6-7-21(30)20(29)11-17/h3-5,8-10,12,17,20-21H,6-7,11,29H2,1-2H3/t17-,20+,21+/m0/s1. The van der Waals surface area contributed by atoms with Crippen molar-refractivity contribution in [2.24, 2.45) is 5.73 Å². The van der Waals surface area contributed by atoms with Crippen molar-refractivity contribution in [3.63, 3.8) is 0 Å². The lowest BCUT2D eigenvalue weighted by molar-refractivity contribution is 0.0731.